The van der Waals surface area contributed by atoms with Crippen LogP contribution in [0.4, 0.5) is 11.4 Å². The number of likely N-dealkylation sites (N-methyl/N-ethyl adjacent to an activating group) is 1. The standard InChI is InChI=1S/C36H37Cl2N5O5/c1-23-20-30(43-16-18-47-19-17-43)26-6-5-7-31(35(26)40-23)48-22-27-28(37)13-14-29(34(27)38)42(4)33(45)21-39-32(44)15-10-24-8-11-25(12-9-24)36(46)41(2)3/h5-15,20H,16-19,21-22H2,1-4H3,(H,39,44). The summed E-state index contributed by atoms with van der Waals surface area (Å²) in [4.78, 5) is 47.5. The summed E-state index contributed by atoms with van der Waals surface area (Å²) in [5, 5.41) is 4.23. The van der Waals surface area contributed by atoms with Gasteiger partial charge in [0.1, 0.15) is 17.9 Å². The molecule has 4 aromatic rings. The molecule has 0 spiro atoms. The molecular weight excluding hydrogens is 653 g/mol. The van der Waals surface area contributed by atoms with E-state index in [9.17, 15) is 14.4 Å². The third kappa shape index (κ3) is 8.07. The van der Waals surface area contributed by atoms with Gasteiger partial charge in [-0.3, -0.25) is 14.4 Å². The number of rotatable bonds is 10. The van der Waals surface area contributed by atoms with Gasteiger partial charge in [-0.15, -0.1) is 0 Å². The van der Waals surface area contributed by atoms with Crippen molar-refractivity contribution in [1.82, 2.24) is 15.2 Å². The molecule has 250 valence electrons. The van der Waals surface area contributed by atoms with E-state index < -0.39 is 5.91 Å². The number of anilines is 2. The number of morpholine rings is 1. The van der Waals surface area contributed by atoms with Gasteiger partial charge in [0.05, 0.1) is 30.5 Å². The van der Waals surface area contributed by atoms with Gasteiger partial charge in [-0.1, -0.05) is 47.5 Å². The fourth-order valence-electron chi connectivity index (χ4n) is 5.28. The van der Waals surface area contributed by atoms with Crippen LogP contribution in [0.1, 0.15) is 27.2 Å². The van der Waals surface area contributed by atoms with Crippen LogP contribution in [0.2, 0.25) is 10.0 Å². The van der Waals surface area contributed by atoms with E-state index >= 15 is 0 Å². The Hall–Kier alpha value is -4.64. The molecule has 0 radical (unpaired) electrons. The molecule has 1 N–H and O–H groups in total. The highest BCUT2D eigenvalue weighted by Crippen LogP contribution is 2.37. The molecule has 1 aromatic heterocycles. The lowest BCUT2D eigenvalue weighted by atomic mass is 10.1. The predicted molar refractivity (Wildman–Crippen MR) is 190 cm³/mol. The molecule has 3 amide bonds. The first kappa shape index (κ1) is 34.7. The van der Waals surface area contributed by atoms with Crippen LogP contribution in [-0.4, -0.2) is 81.6 Å². The van der Waals surface area contributed by atoms with E-state index in [0.717, 1.165) is 40.9 Å². The van der Waals surface area contributed by atoms with Crippen molar-refractivity contribution in [2.24, 2.45) is 0 Å². The second-order valence-electron chi connectivity index (χ2n) is 11.5. The van der Waals surface area contributed by atoms with Crippen LogP contribution in [0.15, 0.2) is 66.7 Å². The van der Waals surface area contributed by atoms with Crippen molar-refractivity contribution in [3.05, 3.63) is 99.2 Å². The van der Waals surface area contributed by atoms with Gasteiger partial charge in [0.15, 0.2) is 0 Å². The number of halogens is 2. The number of nitrogens with one attached hydrogen (secondary N) is 1. The molecule has 5 rings (SSSR count). The number of benzene rings is 3. The van der Waals surface area contributed by atoms with E-state index in [2.05, 4.69) is 16.3 Å². The Labute approximate surface area is 289 Å². The van der Waals surface area contributed by atoms with Crippen molar-refractivity contribution in [2.75, 3.05) is 63.8 Å². The normalized spacial score (nSPS) is 13.1. The summed E-state index contributed by atoms with van der Waals surface area (Å²) in [7, 11) is 4.94. The van der Waals surface area contributed by atoms with E-state index in [1.807, 2.05) is 25.1 Å². The van der Waals surface area contributed by atoms with Crippen LogP contribution in [-0.2, 0) is 20.9 Å². The number of fused-ring (bicyclic) bond motifs is 1. The second kappa shape index (κ2) is 15.5. The molecule has 3 aromatic carbocycles. The highest BCUT2D eigenvalue weighted by atomic mass is 35.5. The Balaban J connectivity index is 1.24. The summed E-state index contributed by atoms with van der Waals surface area (Å²) in [6, 6.07) is 18.1. The highest BCUT2D eigenvalue weighted by molar-refractivity contribution is 6.38. The quantitative estimate of drug-likeness (QED) is 0.211. The van der Waals surface area contributed by atoms with Gasteiger partial charge in [-0.25, -0.2) is 4.98 Å². The third-order valence-electron chi connectivity index (χ3n) is 7.94. The molecule has 0 saturated carbocycles. The average Bonchev–Trinajstić information content (AvgIpc) is 3.09. The molecule has 2 heterocycles. The van der Waals surface area contributed by atoms with Crippen molar-refractivity contribution in [1.29, 1.82) is 0 Å². The van der Waals surface area contributed by atoms with Crippen molar-refractivity contribution >= 4 is 69.3 Å². The Morgan fingerprint density at radius 2 is 1.75 bits per heavy atom. The monoisotopic (exact) mass is 689 g/mol. The molecule has 1 fully saturated rings. The maximum atomic E-state index is 13.1. The number of nitrogens with zero attached hydrogens (tertiary/aromatic N) is 4. The topological polar surface area (TPSA) is 104 Å². The number of pyridine rings is 1. The van der Waals surface area contributed by atoms with Crippen molar-refractivity contribution < 1.29 is 23.9 Å². The van der Waals surface area contributed by atoms with Crippen LogP contribution < -0.4 is 19.9 Å². The van der Waals surface area contributed by atoms with Crippen molar-refractivity contribution in [2.45, 2.75) is 13.5 Å². The van der Waals surface area contributed by atoms with E-state index in [-0.39, 0.29) is 30.0 Å². The molecular formula is C36H37Cl2N5O5. The number of hydrogen-bond donors (Lipinski definition) is 1. The fraction of sp³-hybridized carbons (Fsp3) is 0.278. The molecule has 0 aliphatic carbocycles. The number of carbonyl (C=O) groups excluding carboxylic acids is 3. The molecule has 12 heteroatoms. The Morgan fingerprint density at radius 1 is 1.02 bits per heavy atom. The van der Waals surface area contributed by atoms with Gasteiger partial charge in [0, 0.05) is 73.2 Å². The summed E-state index contributed by atoms with van der Waals surface area (Å²) < 4.78 is 11.8. The van der Waals surface area contributed by atoms with Crippen LogP contribution in [0.3, 0.4) is 0 Å². The first-order valence-electron chi connectivity index (χ1n) is 15.4. The highest BCUT2D eigenvalue weighted by Gasteiger charge is 2.21. The smallest absolute Gasteiger partial charge is 0.253 e. The molecule has 1 aliphatic heterocycles. The molecule has 0 unspecified atom stereocenters. The summed E-state index contributed by atoms with van der Waals surface area (Å²) >= 11 is 13.4. The first-order valence-corrected chi connectivity index (χ1v) is 16.2. The summed E-state index contributed by atoms with van der Waals surface area (Å²) in [6.45, 7) is 4.68. The third-order valence-corrected chi connectivity index (χ3v) is 8.71. The molecule has 48 heavy (non-hydrogen) atoms. The molecule has 1 aliphatic rings. The lowest BCUT2D eigenvalue weighted by Crippen LogP contribution is -2.37. The minimum absolute atomic E-state index is 0.0426. The fourth-order valence-corrected chi connectivity index (χ4v) is 5.89. The van der Waals surface area contributed by atoms with E-state index in [1.165, 1.54) is 15.9 Å². The Kier molecular flexibility index (Phi) is 11.2. The number of aryl methyl sites for hydroxylation is 1. The Bertz CT molecular complexity index is 1860. The summed E-state index contributed by atoms with van der Waals surface area (Å²) in [5.41, 5.74) is 4.90. The van der Waals surface area contributed by atoms with Gasteiger partial charge in [0.2, 0.25) is 11.8 Å². The summed E-state index contributed by atoms with van der Waals surface area (Å²) in [6.07, 6.45) is 2.93. The largest absolute Gasteiger partial charge is 0.487 e. The van der Waals surface area contributed by atoms with Crippen LogP contribution in [0, 0.1) is 6.92 Å². The lowest BCUT2D eigenvalue weighted by molar-refractivity contribution is -0.122. The number of aromatic nitrogens is 1. The van der Waals surface area contributed by atoms with E-state index in [0.29, 0.717) is 40.8 Å². The lowest BCUT2D eigenvalue weighted by Gasteiger charge is -2.30. The van der Waals surface area contributed by atoms with Crippen LogP contribution >= 0.6 is 23.2 Å². The molecule has 0 bridgehead atoms. The minimum Gasteiger partial charge on any atom is -0.487 e. The van der Waals surface area contributed by atoms with Gasteiger partial charge < -0.3 is 29.5 Å². The van der Waals surface area contributed by atoms with Gasteiger partial charge in [-0.2, -0.15) is 0 Å². The first-order chi connectivity index (χ1) is 23.0. The number of para-hydroxylation sites is 1. The van der Waals surface area contributed by atoms with E-state index in [4.69, 9.17) is 37.7 Å². The molecule has 0 atom stereocenters. The Morgan fingerprint density at radius 3 is 2.46 bits per heavy atom. The maximum absolute atomic E-state index is 13.1. The number of hydrogen-bond acceptors (Lipinski definition) is 7. The number of ether oxygens (including phenoxy) is 2. The van der Waals surface area contributed by atoms with Gasteiger partial charge in [0.25, 0.3) is 5.91 Å². The van der Waals surface area contributed by atoms with E-state index in [1.54, 1.807) is 63.6 Å². The average molecular weight is 691 g/mol. The van der Waals surface area contributed by atoms with Crippen molar-refractivity contribution in [3.8, 4) is 5.75 Å². The molecule has 10 nitrogen and oxygen atoms in total. The van der Waals surface area contributed by atoms with Crippen molar-refractivity contribution in [3.63, 3.8) is 0 Å². The zero-order chi connectivity index (χ0) is 34.4. The predicted octanol–water partition coefficient (Wildman–Crippen LogP) is 5.76. The number of carbonyl (C=O) groups is 3. The second-order valence-corrected chi connectivity index (χ2v) is 12.3. The minimum atomic E-state index is -0.447. The molecule has 1 saturated heterocycles. The van der Waals surface area contributed by atoms with Gasteiger partial charge >= 0.3 is 0 Å². The zero-order valence-corrected chi connectivity index (χ0v) is 28.8. The SMILES string of the molecule is Cc1cc(N2CCOCC2)c2cccc(OCc3c(Cl)ccc(N(C)C(=O)CNC(=O)C=Cc4ccc(C(=O)N(C)C)cc4)c3Cl)c2n1. The summed E-state index contributed by atoms with van der Waals surface area (Å²) in [5.74, 6) is -0.357. The zero-order valence-electron chi connectivity index (χ0n) is 27.3. The van der Waals surface area contributed by atoms with Crippen LogP contribution in [0.25, 0.3) is 17.0 Å². The number of amides is 3. The maximum Gasteiger partial charge on any atom is 0.253 e. The van der Waals surface area contributed by atoms with Gasteiger partial charge in [-0.05, 0) is 55.0 Å². The van der Waals surface area contributed by atoms with Crippen LogP contribution in [0.5, 0.6) is 5.75 Å².